The van der Waals surface area contributed by atoms with Gasteiger partial charge in [-0.1, -0.05) is 6.07 Å². The minimum Gasteiger partial charge on any atom is -0.340 e. The third-order valence-electron chi connectivity index (χ3n) is 5.04. The Morgan fingerprint density at radius 1 is 1.04 bits per heavy atom. The molecule has 4 rings (SSSR count). The van der Waals surface area contributed by atoms with Crippen molar-refractivity contribution >= 4 is 5.95 Å². The summed E-state index contributed by atoms with van der Waals surface area (Å²) >= 11 is 0. The normalized spacial score (nSPS) is 24.7. The second-order valence-corrected chi connectivity index (χ2v) is 6.77. The van der Waals surface area contributed by atoms with Gasteiger partial charge in [0.2, 0.25) is 5.95 Å². The van der Waals surface area contributed by atoms with Crippen LogP contribution in [0.3, 0.4) is 0 Å². The Labute approximate surface area is 137 Å². The topological polar surface area (TPSA) is 45.2 Å². The van der Waals surface area contributed by atoms with Crippen LogP contribution in [0, 0.1) is 18.8 Å². The monoisotopic (exact) mass is 309 g/mol. The van der Waals surface area contributed by atoms with Crippen LogP contribution in [0.15, 0.2) is 36.7 Å². The maximum atomic E-state index is 4.64. The van der Waals surface area contributed by atoms with Gasteiger partial charge in [-0.2, -0.15) is 0 Å². The number of likely N-dealkylation sites (tertiary alicyclic amines) is 1. The average Bonchev–Trinajstić information content (AvgIpc) is 2.97. The van der Waals surface area contributed by atoms with Gasteiger partial charge in [0.15, 0.2) is 0 Å². The highest BCUT2D eigenvalue weighted by Gasteiger charge is 2.37. The van der Waals surface area contributed by atoms with E-state index in [0.717, 1.165) is 49.7 Å². The fraction of sp³-hybridized carbons (Fsp3) is 0.500. The fourth-order valence-corrected chi connectivity index (χ4v) is 3.95. The van der Waals surface area contributed by atoms with Crippen LogP contribution < -0.4 is 4.90 Å². The highest BCUT2D eigenvalue weighted by molar-refractivity contribution is 5.29. The Balaban J connectivity index is 1.40. The lowest BCUT2D eigenvalue weighted by Gasteiger charge is -2.34. The van der Waals surface area contributed by atoms with Gasteiger partial charge in [0.25, 0.3) is 0 Å². The van der Waals surface area contributed by atoms with Crippen molar-refractivity contribution in [2.45, 2.75) is 19.9 Å². The van der Waals surface area contributed by atoms with E-state index in [1.54, 1.807) is 0 Å². The molecule has 0 bridgehead atoms. The summed E-state index contributed by atoms with van der Waals surface area (Å²) in [6.45, 7) is 7.53. The lowest BCUT2D eigenvalue weighted by molar-refractivity contribution is 0.310. The molecule has 5 heteroatoms. The molecule has 0 aliphatic carbocycles. The van der Waals surface area contributed by atoms with Crippen molar-refractivity contribution < 1.29 is 0 Å². The van der Waals surface area contributed by atoms with E-state index >= 15 is 0 Å². The van der Waals surface area contributed by atoms with E-state index in [-0.39, 0.29) is 0 Å². The summed E-state index contributed by atoms with van der Waals surface area (Å²) < 4.78 is 0. The SMILES string of the molecule is Cc1cccc(CN2C[C@@H]3CCN(c4ncccn4)C[C@@H]3C2)n1. The second-order valence-electron chi connectivity index (χ2n) is 6.77. The van der Waals surface area contributed by atoms with Crippen LogP contribution in [-0.4, -0.2) is 46.0 Å². The summed E-state index contributed by atoms with van der Waals surface area (Å²) in [4.78, 5) is 18.4. The van der Waals surface area contributed by atoms with Crippen molar-refractivity contribution in [1.29, 1.82) is 0 Å². The molecule has 2 aliphatic rings. The Morgan fingerprint density at radius 2 is 1.87 bits per heavy atom. The predicted molar refractivity (Wildman–Crippen MR) is 90.1 cm³/mol. The lowest BCUT2D eigenvalue weighted by atomic mass is 9.89. The fourth-order valence-electron chi connectivity index (χ4n) is 3.95. The highest BCUT2D eigenvalue weighted by atomic mass is 15.3. The van der Waals surface area contributed by atoms with Gasteiger partial charge < -0.3 is 4.90 Å². The van der Waals surface area contributed by atoms with Crippen molar-refractivity contribution in [3.63, 3.8) is 0 Å². The number of pyridine rings is 1. The quantitative estimate of drug-likeness (QED) is 0.869. The Morgan fingerprint density at radius 3 is 2.70 bits per heavy atom. The van der Waals surface area contributed by atoms with E-state index in [4.69, 9.17) is 0 Å². The molecule has 0 saturated carbocycles. The number of piperidine rings is 1. The van der Waals surface area contributed by atoms with Crippen LogP contribution in [0.5, 0.6) is 0 Å². The Hall–Kier alpha value is -2.01. The first-order valence-electron chi connectivity index (χ1n) is 8.45. The molecule has 0 aromatic carbocycles. The summed E-state index contributed by atoms with van der Waals surface area (Å²) in [5.74, 6) is 2.40. The van der Waals surface area contributed by atoms with Gasteiger partial charge in [0.05, 0.1) is 5.69 Å². The molecule has 0 unspecified atom stereocenters. The molecule has 0 radical (unpaired) electrons. The largest absolute Gasteiger partial charge is 0.340 e. The van der Waals surface area contributed by atoms with Crippen LogP contribution in [0.4, 0.5) is 5.95 Å². The van der Waals surface area contributed by atoms with E-state index in [9.17, 15) is 0 Å². The van der Waals surface area contributed by atoms with Gasteiger partial charge in [-0.25, -0.2) is 9.97 Å². The summed E-state index contributed by atoms with van der Waals surface area (Å²) in [6, 6.07) is 8.18. The molecule has 120 valence electrons. The van der Waals surface area contributed by atoms with Crippen molar-refractivity contribution in [1.82, 2.24) is 19.9 Å². The van der Waals surface area contributed by atoms with Gasteiger partial charge >= 0.3 is 0 Å². The number of hydrogen-bond donors (Lipinski definition) is 0. The first-order valence-corrected chi connectivity index (χ1v) is 8.45. The molecular formula is C18H23N5. The molecule has 2 atom stereocenters. The van der Waals surface area contributed by atoms with E-state index in [1.807, 2.05) is 18.5 Å². The number of anilines is 1. The van der Waals surface area contributed by atoms with Crippen LogP contribution in [0.25, 0.3) is 0 Å². The van der Waals surface area contributed by atoms with Crippen molar-refractivity contribution in [3.8, 4) is 0 Å². The molecular weight excluding hydrogens is 286 g/mol. The summed E-state index contributed by atoms with van der Waals surface area (Å²) in [6.07, 6.45) is 4.90. The number of nitrogens with zero attached hydrogens (tertiary/aromatic N) is 5. The van der Waals surface area contributed by atoms with Crippen molar-refractivity contribution in [2.75, 3.05) is 31.1 Å². The zero-order valence-corrected chi connectivity index (χ0v) is 13.6. The zero-order chi connectivity index (χ0) is 15.6. The number of hydrogen-bond acceptors (Lipinski definition) is 5. The minimum absolute atomic E-state index is 0.720. The van der Waals surface area contributed by atoms with Crippen molar-refractivity contribution in [3.05, 3.63) is 48.0 Å². The van der Waals surface area contributed by atoms with E-state index in [2.05, 4.69) is 49.9 Å². The van der Waals surface area contributed by atoms with Gasteiger partial charge in [0, 0.05) is 50.8 Å². The smallest absolute Gasteiger partial charge is 0.225 e. The van der Waals surface area contributed by atoms with E-state index < -0.39 is 0 Å². The molecule has 0 N–H and O–H groups in total. The predicted octanol–water partition coefficient (Wildman–Crippen LogP) is 2.14. The average molecular weight is 309 g/mol. The molecule has 4 heterocycles. The third kappa shape index (κ3) is 3.20. The second kappa shape index (κ2) is 6.24. The number of rotatable bonds is 3. The molecule has 2 saturated heterocycles. The summed E-state index contributed by atoms with van der Waals surface area (Å²) in [5, 5.41) is 0. The molecule has 2 aromatic rings. The molecule has 5 nitrogen and oxygen atoms in total. The van der Waals surface area contributed by atoms with Crippen LogP contribution in [-0.2, 0) is 6.54 Å². The first-order chi connectivity index (χ1) is 11.3. The zero-order valence-electron chi connectivity index (χ0n) is 13.6. The molecule has 2 aliphatic heterocycles. The van der Waals surface area contributed by atoms with Crippen LogP contribution in [0.1, 0.15) is 17.8 Å². The van der Waals surface area contributed by atoms with Gasteiger partial charge in [-0.15, -0.1) is 0 Å². The minimum atomic E-state index is 0.720. The maximum Gasteiger partial charge on any atom is 0.225 e. The molecule has 0 spiro atoms. The lowest BCUT2D eigenvalue weighted by Crippen LogP contribution is -2.40. The maximum absolute atomic E-state index is 4.64. The van der Waals surface area contributed by atoms with Crippen LogP contribution in [0.2, 0.25) is 0 Å². The molecule has 2 aromatic heterocycles. The number of aryl methyl sites for hydroxylation is 1. The third-order valence-corrected chi connectivity index (χ3v) is 5.04. The first kappa shape index (κ1) is 14.6. The standard InChI is InChI=1S/C18H23N5/c1-14-4-2-5-17(21-14)13-22-10-15-6-9-23(12-16(15)11-22)18-19-7-3-8-20-18/h2-5,7-8,15-16H,6,9-13H2,1H3/t15-,16-/m0/s1. The summed E-state index contributed by atoms with van der Waals surface area (Å²) in [5.41, 5.74) is 2.29. The van der Waals surface area contributed by atoms with E-state index in [1.165, 1.54) is 18.7 Å². The van der Waals surface area contributed by atoms with Gasteiger partial charge in [0.1, 0.15) is 0 Å². The molecule has 23 heavy (non-hydrogen) atoms. The number of fused-ring (bicyclic) bond motifs is 1. The highest BCUT2D eigenvalue weighted by Crippen LogP contribution is 2.32. The van der Waals surface area contributed by atoms with Gasteiger partial charge in [-0.3, -0.25) is 9.88 Å². The summed E-state index contributed by atoms with van der Waals surface area (Å²) in [7, 11) is 0. The Bertz CT molecular complexity index is 659. The van der Waals surface area contributed by atoms with Gasteiger partial charge in [-0.05, 0) is 43.4 Å². The number of aromatic nitrogens is 3. The molecule has 2 fully saturated rings. The molecule has 0 amide bonds. The van der Waals surface area contributed by atoms with Crippen molar-refractivity contribution in [2.24, 2.45) is 11.8 Å². The van der Waals surface area contributed by atoms with E-state index in [0.29, 0.717) is 0 Å². The van der Waals surface area contributed by atoms with Crippen LogP contribution >= 0.6 is 0 Å². The Kier molecular flexibility index (Phi) is 3.95.